The predicted molar refractivity (Wildman–Crippen MR) is 92.4 cm³/mol. The Labute approximate surface area is 156 Å². The van der Waals surface area contributed by atoms with Gasteiger partial charge in [-0.3, -0.25) is 4.79 Å². The summed E-state index contributed by atoms with van der Waals surface area (Å²) in [5.74, 6) is -0.325. The fourth-order valence-corrected chi connectivity index (χ4v) is 4.09. The van der Waals surface area contributed by atoms with E-state index in [2.05, 4.69) is 4.74 Å². The van der Waals surface area contributed by atoms with Gasteiger partial charge in [0, 0.05) is 25.9 Å². The third kappa shape index (κ3) is 4.38. The third-order valence-corrected chi connectivity index (χ3v) is 5.80. The monoisotopic (exact) mass is 387 g/mol. The van der Waals surface area contributed by atoms with Crippen LogP contribution < -0.4 is 9.64 Å². The molecular weight excluding hydrogens is 363 g/mol. The number of carbonyl (C=O) groups is 1. The van der Waals surface area contributed by atoms with E-state index in [1.807, 2.05) is 0 Å². The van der Waals surface area contributed by atoms with Crippen molar-refractivity contribution in [2.45, 2.75) is 50.5 Å². The minimum atomic E-state index is -4.74. The van der Waals surface area contributed by atoms with Crippen molar-refractivity contribution in [3.63, 3.8) is 0 Å². The van der Waals surface area contributed by atoms with Crippen LogP contribution in [0.3, 0.4) is 0 Å². The van der Waals surface area contributed by atoms with E-state index in [4.69, 9.17) is 4.74 Å². The summed E-state index contributed by atoms with van der Waals surface area (Å²) in [6.07, 6.45) is -1.18. The highest BCUT2D eigenvalue weighted by Crippen LogP contribution is 2.49. The summed E-state index contributed by atoms with van der Waals surface area (Å²) < 4.78 is 45.7. The Hall–Kier alpha value is -1.80. The Bertz CT molecular complexity index is 667. The van der Waals surface area contributed by atoms with E-state index >= 15 is 0 Å². The summed E-state index contributed by atoms with van der Waals surface area (Å²) in [5, 5.41) is 10.6. The van der Waals surface area contributed by atoms with Gasteiger partial charge >= 0.3 is 6.36 Å². The van der Waals surface area contributed by atoms with Gasteiger partial charge in [0.05, 0.1) is 11.0 Å². The number of nitrogens with zero attached hydrogens (tertiary/aromatic N) is 1. The van der Waals surface area contributed by atoms with Crippen LogP contribution in [0.4, 0.5) is 18.9 Å². The summed E-state index contributed by atoms with van der Waals surface area (Å²) in [4.78, 5) is 14.7. The van der Waals surface area contributed by atoms with Crippen LogP contribution in [0.2, 0.25) is 0 Å². The van der Waals surface area contributed by atoms with Crippen molar-refractivity contribution in [2.75, 3.05) is 25.2 Å². The third-order valence-electron chi connectivity index (χ3n) is 5.80. The molecule has 1 aromatic carbocycles. The molecule has 1 saturated heterocycles. The van der Waals surface area contributed by atoms with E-state index in [1.54, 1.807) is 12.0 Å². The number of carbonyl (C=O) groups excluding carboxylic acids is 1. The van der Waals surface area contributed by atoms with Crippen molar-refractivity contribution in [3.05, 3.63) is 24.3 Å². The maximum absolute atomic E-state index is 13.0. The minimum Gasteiger partial charge on any atom is -0.406 e. The van der Waals surface area contributed by atoms with Gasteiger partial charge in [-0.05, 0) is 62.8 Å². The Balaban J connectivity index is 1.65. The Kier molecular flexibility index (Phi) is 5.40. The SMILES string of the molecule is COCC[C@]1(O)CC[C@]2(CCN(c3ccc(OC(F)(F)F)cc3)C2=O)CC1. The Morgan fingerprint density at radius 3 is 2.30 bits per heavy atom. The molecule has 1 aromatic rings. The number of amides is 1. The lowest BCUT2D eigenvalue weighted by Gasteiger charge is -2.40. The van der Waals surface area contributed by atoms with Crippen LogP contribution in [0.5, 0.6) is 5.75 Å². The summed E-state index contributed by atoms with van der Waals surface area (Å²) >= 11 is 0. The number of halogens is 3. The molecule has 0 unspecified atom stereocenters. The first kappa shape index (κ1) is 19.9. The molecule has 0 atom stereocenters. The molecule has 1 aliphatic carbocycles. The number of alkyl halides is 3. The highest BCUT2D eigenvalue weighted by atomic mass is 19.4. The van der Waals surface area contributed by atoms with Crippen molar-refractivity contribution < 1.29 is 32.5 Å². The van der Waals surface area contributed by atoms with Gasteiger partial charge in [0.15, 0.2) is 0 Å². The molecule has 2 fully saturated rings. The molecule has 0 aromatic heterocycles. The molecule has 0 radical (unpaired) electrons. The number of hydrogen-bond donors (Lipinski definition) is 1. The molecule has 150 valence electrons. The van der Waals surface area contributed by atoms with Crippen LogP contribution in [0.15, 0.2) is 24.3 Å². The first-order valence-electron chi connectivity index (χ1n) is 9.06. The van der Waals surface area contributed by atoms with E-state index in [9.17, 15) is 23.1 Å². The van der Waals surface area contributed by atoms with Gasteiger partial charge in [0.1, 0.15) is 5.75 Å². The van der Waals surface area contributed by atoms with Gasteiger partial charge in [0.25, 0.3) is 0 Å². The lowest BCUT2D eigenvalue weighted by molar-refractivity contribution is -0.274. The molecule has 1 aliphatic heterocycles. The maximum Gasteiger partial charge on any atom is 0.573 e. The van der Waals surface area contributed by atoms with Crippen LogP contribution in [0.25, 0.3) is 0 Å². The van der Waals surface area contributed by atoms with Gasteiger partial charge in [0.2, 0.25) is 5.91 Å². The number of aliphatic hydroxyl groups is 1. The van der Waals surface area contributed by atoms with E-state index in [1.165, 1.54) is 24.3 Å². The molecule has 27 heavy (non-hydrogen) atoms. The number of rotatable bonds is 5. The second kappa shape index (κ2) is 7.31. The molecule has 2 aliphatic rings. The summed E-state index contributed by atoms with van der Waals surface area (Å²) in [5.41, 5.74) is -0.710. The quantitative estimate of drug-likeness (QED) is 0.838. The molecule has 1 spiro atoms. The lowest BCUT2D eigenvalue weighted by Crippen LogP contribution is -2.44. The molecular formula is C19H24F3NO4. The first-order valence-corrected chi connectivity index (χ1v) is 9.06. The van der Waals surface area contributed by atoms with Crippen LogP contribution in [-0.4, -0.2) is 43.2 Å². The highest BCUT2D eigenvalue weighted by molar-refractivity contribution is 6.00. The van der Waals surface area contributed by atoms with Gasteiger partial charge in [-0.15, -0.1) is 13.2 Å². The summed E-state index contributed by atoms with van der Waals surface area (Å²) in [7, 11) is 1.59. The molecule has 0 bridgehead atoms. The summed E-state index contributed by atoms with van der Waals surface area (Å²) in [6.45, 7) is 1.00. The van der Waals surface area contributed by atoms with Crippen molar-refractivity contribution in [1.29, 1.82) is 0 Å². The zero-order chi connectivity index (χ0) is 19.7. The van der Waals surface area contributed by atoms with Crippen molar-refractivity contribution in [1.82, 2.24) is 0 Å². The zero-order valence-corrected chi connectivity index (χ0v) is 15.2. The normalized spacial score (nSPS) is 28.8. The minimum absolute atomic E-state index is 0.0132. The zero-order valence-electron chi connectivity index (χ0n) is 15.2. The van der Waals surface area contributed by atoms with Crippen LogP contribution in [-0.2, 0) is 9.53 Å². The van der Waals surface area contributed by atoms with Crippen molar-refractivity contribution in [2.24, 2.45) is 5.41 Å². The van der Waals surface area contributed by atoms with E-state index in [0.29, 0.717) is 57.4 Å². The topological polar surface area (TPSA) is 59.0 Å². The van der Waals surface area contributed by atoms with E-state index in [0.717, 1.165) is 0 Å². The van der Waals surface area contributed by atoms with Crippen LogP contribution >= 0.6 is 0 Å². The fourth-order valence-electron chi connectivity index (χ4n) is 4.09. The second-order valence-corrected chi connectivity index (χ2v) is 7.50. The molecule has 1 N–H and O–H groups in total. The second-order valence-electron chi connectivity index (χ2n) is 7.50. The molecule has 1 saturated carbocycles. The van der Waals surface area contributed by atoms with Crippen LogP contribution in [0, 0.1) is 5.41 Å². The number of hydrogen-bond acceptors (Lipinski definition) is 4. The molecule has 5 nitrogen and oxygen atoms in total. The van der Waals surface area contributed by atoms with Gasteiger partial charge in [-0.1, -0.05) is 0 Å². The van der Waals surface area contributed by atoms with Crippen molar-refractivity contribution >= 4 is 11.6 Å². The largest absolute Gasteiger partial charge is 0.573 e. The average Bonchev–Trinajstić information content (AvgIpc) is 2.93. The Morgan fingerprint density at radius 1 is 1.11 bits per heavy atom. The van der Waals surface area contributed by atoms with E-state index in [-0.39, 0.29) is 11.7 Å². The van der Waals surface area contributed by atoms with Gasteiger partial charge in [-0.2, -0.15) is 0 Å². The number of anilines is 1. The standard InChI is InChI=1S/C19H24F3NO4/c1-26-13-11-18(25)8-6-17(7-9-18)10-12-23(16(17)24)14-2-4-15(5-3-14)27-19(20,21)22/h2-5,25H,6-13H2,1H3/t17-,18+. The predicted octanol–water partition coefficient (Wildman–Crippen LogP) is 3.65. The molecule has 1 amide bonds. The first-order chi connectivity index (χ1) is 12.7. The maximum atomic E-state index is 13.0. The van der Waals surface area contributed by atoms with Crippen molar-refractivity contribution in [3.8, 4) is 5.75 Å². The number of benzene rings is 1. The van der Waals surface area contributed by atoms with Crippen LogP contribution in [0.1, 0.15) is 38.5 Å². The van der Waals surface area contributed by atoms with Gasteiger partial charge < -0.3 is 19.5 Å². The summed E-state index contributed by atoms with van der Waals surface area (Å²) in [6, 6.07) is 5.36. The number of ether oxygens (including phenoxy) is 2. The highest BCUT2D eigenvalue weighted by Gasteiger charge is 2.51. The Morgan fingerprint density at radius 2 is 1.74 bits per heavy atom. The average molecular weight is 387 g/mol. The fraction of sp³-hybridized carbons (Fsp3) is 0.632. The lowest BCUT2D eigenvalue weighted by atomic mass is 9.67. The smallest absolute Gasteiger partial charge is 0.406 e. The molecule has 3 rings (SSSR count). The number of methoxy groups -OCH3 is 1. The molecule has 8 heteroatoms. The van der Waals surface area contributed by atoms with E-state index < -0.39 is 17.4 Å². The van der Waals surface area contributed by atoms with Gasteiger partial charge in [-0.25, -0.2) is 0 Å². The molecule has 1 heterocycles.